The maximum absolute atomic E-state index is 12.3. The number of thioether (sulfide) groups is 1. The van der Waals surface area contributed by atoms with Gasteiger partial charge in [0.15, 0.2) is 0 Å². The summed E-state index contributed by atoms with van der Waals surface area (Å²) in [6.45, 7) is 4.16. The molecule has 0 saturated carbocycles. The summed E-state index contributed by atoms with van der Waals surface area (Å²) < 4.78 is 12.0. The Kier molecular flexibility index (Phi) is 5.87. The highest BCUT2D eigenvalue weighted by Gasteiger charge is 2.22. The minimum Gasteiger partial charge on any atom is -0.463 e. The number of carbonyl (C=O) groups is 2. The van der Waals surface area contributed by atoms with E-state index in [4.69, 9.17) is 9.47 Å². The van der Waals surface area contributed by atoms with Gasteiger partial charge < -0.3 is 13.9 Å². The molecule has 0 amide bonds. The lowest BCUT2D eigenvalue weighted by Crippen LogP contribution is -2.05. The molecule has 5 nitrogen and oxygen atoms in total. The van der Waals surface area contributed by atoms with Gasteiger partial charge in [-0.3, -0.25) is 0 Å². The first-order valence-corrected chi connectivity index (χ1v) is 8.55. The Labute approximate surface area is 139 Å². The first-order valence-electron chi connectivity index (χ1n) is 7.33. The number of ether oxygens (including phenoxy) is 2. The molecule has 0 radical (unpaired) electrons. The predicted molar refractivity (Wildman–Crippen MR) is 90.8 cm³/mol. The second-order valence-electron chi connectivity index (χ2n) is 4.56. The van der Waals surface area contributed by atoms with Gasteiger partial charge in [-0.2, -0.15) is 0 Å². The Morgan fingerprint density at radius 3 is 2.61 bits per heavy atom. The molecular formula is C17H19NO4S. The minimum atomic E-state index is -0.414. The van der Waals surface area contributed by atoms with Crippen LogP contribution in [-0.4, -0.2) is 35.8 Å². The Balaban J connectivity index is 2.59. The summed E-state index contributed by atoms with van der Waals surface area (Å²) in [5, 5.41) is 0. The minimum absolute atomic E-state index is 0.310. The van der Waals surface area contributed by atoms with Crippen LogP contribution < -0.4 is 0 Å². The van der Waals surface area contributed by atoms with E-state index in [1.165, 1.54) is 17.8 Å². The quantitative estimate of drug-likeness (QED) is 0.461. The number of aromatic nitrogens is 1. The molecule has 0 N–H and O–H groups in total. The molecule has 2 heterocycles. The second-order valence-corrected chi connectivity index (χ2v) is 5.37. The van der Waals surface area contributed by atoms with Crippen LogP contribution in [-0.2, 0) is 14.3 Å². The van der Waals surface area contributed by atoms with Crippen molar-refractivity contribution in [2.75, 3.05) is 19.5 Å². The molecular weight excluding hydrogens is 314 g/mol. The lowest BCUT2D eigenvalue weighted by atomic mass is 10.2. The van der Waals surface area contributed by atoms with Gasteiger partial charge in [0, 0.05) is 17.2 Å². The number of pyridine rings is 1. The maximum atomic E-state index is 12.3. The molecule has 0 spiro atoms. The van der Waals surface area contributed by atoms with E-state index in [-0.39, 0.29) is 5.97 Å². The number of fused-ring (bicyclic) bond motifs is 1. The summed E-state index contributed by atoms with van der Waals surface area (Å²) in [5.74, 6) is -0.778. The predicted octanol–water partition coefficient (Wildman–Crippen LogP) is 3.41. The fourth-order valence-corrected chi connectivity index (χ4v) is 3.08. The fourth-order valence-electron chi connectivity index (χ4n) is 2.31. The Hall–Kier alpha value is -2.21. The van der Waals surface area contributed by atoms with Crippen LogP contribution in [0.15, 0.2) is 35.4 Å². The van der Waals surface area contributed by atoms with E-state index in [1.54, 1.807) is 19.9 Å². The molecule has 2 aromatic heterocycles. The monoisotopic (exact) mass is 333 g/mol. The van der Waals surface area contributed by atoms with Gasteiger partial charge >= 0.3 is 11.9 Å². The topological polar surface area (TPSA) is 57.0 Å². The second kappa shape index (κ2) is 7.87. The van der Waals surface area contributed by atoms with E-state index in [2.05, 4.69) is 0 Å². The Bertz CT molecular complexity index is 748. The van der Waals surface area contributed by atoms with E-state index < -0.39 is 5.97 Å². The van der Waals surface area contributed by atoms with Crippen LogP contribution in [0.25, 0.3) is 11.6 Å². The van der Waals surface area contributed by atoms with Crippen molar-refractivity contribution in [3.63, 3.8) is 0 Å². The van der Waals surface area contributed by atoms with E-state index in [1.807, 2.05) is 35.1 Å². The molecule has 2 aromatic rings. The lowest BCUT2D eigenvalue weighted by Gasteiger charge is -2.02. The first kappa shape index (κ1) is 17.1. The fraction of sp³-hybridized carbons (Fsp3) is 0.294. The molecule has 0 aromatic carbocycles. The van der Waals surface area contributed by atoms with Crippen molar-refractivity contribution in [2.45, 2.75) is 18.7 Å². The lowest BCUT2D eigenvalue weighted by molar-refractivity contribution is -0.137. The summed E-state index contributed by atoms with van der Waals surface area (Å²) in [5.41, 5.74) is 2.02. The number of carbonyl (C=O) groups excluding carboxylic acids is 2. The Morgan fingerprint density at radius 1 is 1.22 bits per heavy atom. The number of esters is 2. The summed E-state index contributed by atoms with van der Waals surface area (Å²) >= 11 is 1.44. The molecule has 0 aliphatic rings. The molecule has 0 unspecified atom stereocenters. The van der Waals surface area contributed by atoms with Crippen LogP contribution in [0, 0.1) is 0 Å². The SMILES string of the molecule is CCOC(=O)/C=C/c1c(SC)c(C(=O)OCC)c2ccccn12. The third kappa shape index (κ3) is 3.59. The molecule has 6 heteroatoms. The van der Waals surface area contributed by atoms with Crippen molar-refractivity contribution in [3.8, 4) is 0 Å². The molecule has 0 fully saturated rings. The molecule has 0 saturated heterocycles. The Morgan fingerprint density at radius 2 is 1.96 bits per heavy atom. The number of hydrogen-bond donors (Lipinski definition) is 0. The molecule has 0 aliphatic carbocycles. The van der Waals surface area contributed by atoms with E-state index >= 15 is 0 Å². The van der Waals surface area contributed by atoms with Crippen molar-refractivity contribution >= 4 is 35.3 Å². The third-order valence-electron chi connectivity index (χ3n) is 3.18. The molecule has 2 rings (SSSR count). The smallest absolute Gasteiger partial charge is 0.341 e. The normalized spacial score (nSPS) is 11.1. The van der Waals surface area contributed by atoms with Gasteiger partial charge in [0.05, 0.1) is 30.0 Å². The van der Waals surface area contributed by atoms with Gasteiger partial charge in [-0.1, -0.05) is 6.07 Å². The average Bonchev–Trinajstić information content (AvgIpc) is 2.87. The van der Waals surface area contributed by atoms with Gasteiger partial charge in [0.2, 0.25) is 0 Å². The van der Waals surface area contributed by atoms with E-state index in [9.17, 15) is 9.59 Å². The van der Waals surface area contributed by atoms with E-state index in [0.29, 0.717) is 18.8 Å². The van der Waals surface area contributed by atoms with Crippen LogP contribution in [0.2, 0.25) is 0 Å². The zero-order valence-electron chi connectivity index (χ0n) is 13.4. The van der Waals surface area contributed by atoms with Crippen molar-refractivity contribution < 1.29 is 19.1 Å². The molecule has 0 aliphatic heterocycles. The zero-order chi connectivity index (χ0) is 16.8. The molecule has 122 valence electrons. The molecule has 23 heavy (non-hydrogen) atoms. The number of nitrogens with zero attached hydrogens (tertiary/aromatic N) is 1. The average molecular weight is 333 g/mol. The summed E-state index contributed by atoms with van der Waals surface area (Å²) in [6, 6.07) is 5.59. The highest BCUT2D eigenvalue weighted by molar-refractivity contribution is 7.98. The van der Waals surface area contributed by atoms with Crippen LogP contribution in [0.1, 0.15) is 29.9 Å². The van der Waals surface area contributed by atoms with E-state index in [0.717, 1.165) is 16.1 Å². The number of hydrogen-bond acceptors (Lipinski definition) is 5. The summed E-state index contributed by atoms with van der Waals surface area (Å²) in [4.78, 5) is 24.7. The van der Waals surface area contributed by atoms with Gasteiger partial charge in [-0.15, -0.1) is 11.8 Å². The van der Waals surface area contributed by atoms with Crippen LogP contribution >= 0.6 is 11.8 Å². The van der Waals surface area contributed by atoms with Crippen LogP contribution in [0.5, 0.6) is 0 Å². The van der Waals surface area contributed by atoms with Crippen molar-refractivity contribution in [3.05, 3.63) is 41.7 Å². The van der Waals surface area contributed by atoms with Gasteiger partial charge in [0.1, 0.15) is 0 Å². The molecule has 0 atom stereocenters. The summed E-state index contributed by atoms with van der Waals surface area (Å²) in [6.07, 6.45) is 6.77. The van der Waals surface area contributed by atoms with Crippen LogP contribution in [0.3, 0.4) is 0 Å². The highest BCUT2D eigenvalue weighted by Crippen LogP contribution is 2.32. The maximum Gasteiger partial charge on any atom is 0.341 e. The standard InChI is InChI=1S/C17H19NO4S/c1-4-21-14(19)10-9-13-16(23-3)15(17(20)22-5-2)12-8-6-7-11-18(12)13/h6-11H,4-5H2,1-3H3/b10-9+. The van der Waals surface area contributed by atoms with Crippen molar-refractivity contribution in [1.82, 2.24) is 4.40 Å². The zero-order valence-corrected chi connectivity index (χ0v) is 14.2. The van der Waals surface area contributed by atoms with Gasteiger partial charge in [-0.05, 0) is 38.3 Å². The molecule has 0 bridgehead atoms. The van der Waals surface area contributed by atoms with Crippen molar-refractivity contribution in [2.24, 2.45) is 0 Å². The van der Waals surface area contributed by atoms with Crippen LogP contribution in [0.4, 0.5) is 0 Å². The summed E-state index contributed by atoms with van der Waals surface area (Å²) in [7, 11) is 0. The highest BCUT2D eigenvalue weighted by atomic mass is 32.2. The van der Waals surface area contributed by atoms with Gasteiger partial charge in [-0.25, -0.2) is 9.59 Å². The third-order valence-corrected chi connectivity index (χ3v) is 4.00. The number of rotatable bonds is 6. The van der Waals surface area contributed by atoms with Crippen molar-refractivity contribution in [1.29, 1.82) is 0 Å². The first-order chi connectivity index (χ1) is 11.1. The van der Waals surface area contributed by atoms with Gasteiger partial charge in [0.25, 0.3) is 0 Å². The largest absolute Gasteiger partial charge is 0.463 e.